The largest absolute Gasteiger partial charge is 0.354 e. The maximum absolute atomic E-state index is 4.64. The van der Waals surface area contributed by atoms with E-state index in [2.05, 4.69) is 21.9 Å². The number of nitrogens with zero attached hydrogens (tertiary/aromatic N) is 2. The van der Waals surface area contributed by atoms with Crippen molar-refractivity contribution in [2.75, 3.05) is 5.32 Å². The Kier molecular flexibility index (Phi) is 5.98. The molecule has 0 unspecified atom stereocenters. The van der Waals surface area contributed by atoms with Crippen LogP contribution in [0, 0.1) is 0 Å². The van der Waals surface area contributed by atoms with E-state index in [1.54, 1.807) is 24.2 Å². The van der Waals surface area contributed by atoms with E-state index < -0.39 is 0 Å². The molecule has 4 heteroatoms. The molecule has 22 heavy (non-hydrogen) atoms. The van der Waals surface area contributed by atoms with Gasteiger partial charge in [0.15, 0.2) is 0 Å². The van der Waals surface area contributed by atoms with Crippen molar-refractivity contribution in [3.63, 3.8) is 0 Å². The minimum absolute atomic E-state index is 0.781. The summed E-state index contributed by atoms with van der Waals surface area (Å²) in [5.74, 6) is 0. The predicted octanol–water partition coefficient (Wildman–Crippen LogP) is 5.12. The zero-order chi connectivity index (χ0) is 15.8. The molecule has 0 spiro atoms. The molecule has 0 fully saturated rings. The normalized spacial score (nSPS) is 12.1. The topological polar surface area (TPSA) is 37.3 Å². The molecule has 1 aromatic carbocycles. The van der Waals surface area contributed by atoms with Crippen molar-refractivity contribution in [3.8, 4) is 0 Å². The van der Waals surface area contributed by atoms with Gasteiger partial charge in [0.2, 0.25) is 0 Å². The van der Waals surface area contributed by atoms with Gasteiger partial charge in [-0.05, 0) is 38.1 Å². The molecular weight excluding hydrogens is 290 g/mol. The smallest absolute Gasteiger partial charge is 0.0825 e. The highest BCUT2D eigenvalue weighted by molar-refractivity contribution is 8.13. The Morgan fingerprint density at radius 1 is 1.18 bits per heavy atom. The van der Waals surface area contributed by atoms with Crippen LogP contribution in [-0.2, 0) is 0 Å². The molecule has 1 N–H and O–H groups in total. The molecule has 0 aliphatic carbocycles. The number of nitrogens with one attached hydrogen (secondary N) is 1. The number of thioether (sulfide) groups is 1. The summed E-state index contributed by atoms with van der Waals surface area (Å²) in [6.45, 7) is 8.03. The van der Waals surface area contributed by atoms with Crippen LogP contribution < -0.4 is 5.32 Å². The van der Waals surface area contributed by atoms with Crippen LogP contribution in [0.3, 0.4) is 0 Å². The molecule has 0 aliphatic rings. The third kappa shape index (κ3) is 4.90. The molecule has 2 rings (SSSR count). The first-order valence-electron chi connectivity index (χ1n) is 7.00. The Morgan fingerprint density at radius 2 is 1.86 bits per heavy atom. The highest BCUT2D eigenvalue weighted by atomic mass is 32.2. The Morgan fingerprint density at radius 3 is 2.50 bits per heavy atom. The Labute approximate surface area is 135 Å². The number of aliphatic imine (C=N–C) groups is 1. The van der Waals surface area contributed by atoms with Gasteiger partial charge < -0.3 is 5.32 Å². The quantitative estimate of drug-likeness (QED) is 0.360. The number of hydrogen-bond acceptors (Lipinski definition) is 4. The summed E-state index contributed by atoms with van der Waals surface area (Å²) in [4.78, 5) is 9.78. The van der Waals surface area contributed by atoms with Gasteiger partial charge in [-0.2, -0.15) is 0 Å². The summed E-state index contributed by atoms with van der Waals surface area (Å²) < 4.78 is 0. The number of benzene rings is 1. The zero-order valence-electron chi connectivity index (χ0n) is 12.8. The lowest BCUT2D eigenvalue weighted by atomic mass is 10.3. The van der Waals surface area contributed by atoms with Gasteiger partial charge in [-0.15, -0.1) is 0 Å². The first kappa shape index (κ1) is 16.0. The summed E-state index contributed by atoms with van der Waals surface area (Å²) in [7, 11) is 0. The van der Waals surface area contributed by atoms with Crippen LogP contribution in [0.4, 0.5) is 5.69 Å². The fraction of sp³-hybridized carbons (Fsp3) is 0.111. The van der Waals surface area contributed by atoms with E-state index in [4.69, 9.17) is 0 Å². The van der Waals surface area contributed by atoms with Crippen LogP contribution in [0.2, 0.25) is 0 Å². The molecule has 0 bridgehead atoms. The van der Waals surface area contributed by atoms with Gasteiger partial charge >= 0.3 is 0 Å². The van der Waals surface area contributed by atoms with Crippen LogP contribution in [0.15, 0.2) is 88.8 Å². The van der Waals surface area contributed by atoms with Gasteiger partial charge in [0, 0.05) is 23.0 Å². The minimum Gasteiger partial charge on any atom is -0.354 e. The molecule has 0 radical (unpaired) electrons. The molecule has 1 aromatic heterocycles. The van der Waals surface area contributed by atoms with E-state index in [1.165, 1.54) is 0 Å². The van der Waals surface area contributed by atoms with Gasteiger partial charge in [-0.25, -0.2) is 4.99 Å². The maximum atomic E-state index is 4.64. The SMILES string of the molecule is C=C(Nc1ccccc1)/C(=C/C)N=C(C)Sc1ccncc1. The number of allylic oxidation sites excluding steroid dienone is 1. The van der Waals surface area contributed by atoms with Crippen LogP contribution in [0.1, 0.15) is 13.8 Å². The third-order valence-electron chi connectivity index (χ3n) is 2.84. The Bertz CT molecular complexity index is 676. The van der Waals surface area contributed by atoms with Crippen LogP contribution in [-0.4, -0.2) is 10.0 Å². The Balaban J connectivity index is 2.05. The van der Waals surface area contributed by atoms with E-state index in [-0.39, 0.29) is 0 Å². The maximum Gasteiger partial charge on any atom is 0.0825 e. The summed E-state index contributed by atoms with van der Waals surface area (Å²) in [6, 6.07) is 13.9. The van der Waals surface area contributed by atoms with E-state index in [1.807, 2.05) is 62.4 Å². The minimum atomic E-state index is 0.781. The van der Waals surface area contributed by atoms with Gasteiger partial charge in [0.05, 0.1) is 16.4 Å². The summed E-state index contributed by atoms with van der Waals surface area (Å²) in [5.41, 5.74) is 2.62. The average Bonchev–Trinajstić information content (AvgIpc) is 2.54. The second-order valence-electron chi connectivity index (χ2n) is 4.56. The second kappa shape index (κ2) is 8.20. The molecule has 3 nitrogen and oxygen atoms in total. The zero-order valence-corrected chi connectivity index (χ0v) is 13.6. The van der Waals surface area contributed by atoms with Crippen molar-refractivity contribution in [2.45, 2.75) is 18.7 Å². The van der Waals surface area contributed by atoms with Gasteiger partial charge in [-0.1, -0.05) is 42.6 Å². The highest BCUT2D eigenvalue weighted by Gasteiger charge is 2.03. The lowest BCUT2D eigenvalue weighted by molar-refractivity contribution is 1.26. The molecular formula is C18H19N3S. The second-order valence-corrected chi connectivity index (χ2v) is 5.83. The van der Waals surface area contributed by atoms with Gasteiger partial charge in [0.1, 0.15) is 0 Å². The van der Waals surface area contributed by atoms with Crippen molar-refractivity contribution >= 4 is 22.5 Å². The molecule has 2 aromatic rings. The van der Waals surface area contributed by atoms with E-state index in [0.29, 0.717) is 0 Å². The third-order valence-corrected chi connectivity index (χ3v) is 3.74. The van der Waals surface area contributed by atoms with E-state index in [0.717, 1.165) is 27.0 Å². The summed E-state index contributed by atoms with van der Waals surface area (Å²) in [5, 5.41) is 4.23. The number of anilines is 1. The van der Waals surface area contributed by atoms with Crippen molar-refractivity contribution in [3.05, 3.63) is 78.9 Å². The number of hydrogen-bond donors (Lipinski definition) is 1. The van der Waals surface area contributed by atoms with Crippen molar-refractivity contribution < 1.29 is 0 Å². The van der Waals surface area contributed by atoms with E-state index in [9.17, 15) is 0 Å². The van der Waals surface area contributed by atoms with Crippen LogP contribution >= 0.6 is 11.8 Å². The molecule has 0 aliphatic heterocycles. The fourth-order valence-electron chi connectivity index (χ4n) is 1.84. The highest BCUT2D eigenvalue weighted by Crippen LogP contribution is 2.21. The fourth-order valence-corrected chi connectivity index (χ4v) is 2.58. The van der Waals surface area contributed by atoms with Crippen LogP contribution in [0.25, 0.3) is 0 Å². The molecule has 0 amide bonds. The lowest BCUT2D eigenvalue weighted by Crippen LogP contribution is -2.01. The summed E-state index contributed by atoms with van der Waals surface area (Å²) >= 11 is 1.61. The summed E-state index contributed by atoms with van der Waals surface area (Å²) in [6.07, 6.45) is 5.51. The molecule has 1 heterocycles. The monoisotopic (exact) mass is 309 g/mol. The van der Waals surface area contributed by atoms with Gasteiger partial charge in [0.25, 0.3) is 0 Å². The van der Waals surface area contributed by atoms with Crippen LogP contribution in [0.5, 0.6) is 0 Å². The first-order chi connectivity index (χ1) is 10.7. The predicted molar refractivity (Wildman–Crippen MR) is 96.2 cm³/mol. The lowest BCUT2D eigenvalue weighted by Gasteiger charge is -2.11. The average molecular weight is 309 g/mol. The number of aromatic nitrogens is 1. The standard InChI is InChI=1S/C18H19N3S/c1-4-18(14(2)20-16-8-6-5-7-9-16)21-15(3)22-17-10-12-19-13-11-17/h4-13,20H,2H2,1,3H3/b18-4-,21-15?. The number of para-hydroxylation sites is 1. The Hall–Kier alpha value is -2.33. The molecule has 112 valence electrons. The van der Waals surface area contributed by atoms with E-state index >= 15 is 0 Å². The number of pyridine rings is 1. The number of rotatable bonds is 5. The van der Waals surface area contributed by atoms with Crippen molar-refractivity contribution in [1.82, 2.24) is 4.98 Å². The molecule has 0 saturated heterocycles. The van der Waals surface area contributed by atoms with Crippen molar-refractivity contribution in [1.29, 1.82) is 0 Å². The van der Waals surface area contributed by atoms with Gasteiger partial charge in [-0.3, -0.25) is 4.98 Å². The molecule has 0 atom stereocenters. The first-order valence-corrected chi connectivity index (χ1v) is 7.81. The van der Waals surface area contributed by atoms with Crippen molar-refractivity contribution in [2.24, 2.45) is 4.99 Å². The molecule has 0 saturated carbocycles.